The van der Waals surface area contributed by atoms with E-state index in [1.165, 1.54) is 19.2 Å². The number of hydrogen-bond acceptors (Lipinski definition) is 6. The van der Waals surface area contributed by atoms with Crippen molar-refractivity contribution >= 4 is 11.9 Å². The molecule has 1 atom stereocenters. The van der Waals surface area contributed by atoms with Crippen LogP contribution >= 0.6 is 0 Å². The van der Waals surface area contributed by atoms with Crippen LogP contribution in [-0.2, 0) is 6.42 Å². The standard InChI is InChI=1S/C22H21FN4O3/c1-11-19-17(27-22(24)25-11)10-16(26-21(19)28)13-8-7-12(23)9-15(13)14-5-4-6-18(29-2)20(14)30-3/h4-9,16H,10H2,1-3H3,(H,26,28)(H2,24,25,27). The van der Waals surface area contributed by atoms with Gasteiger partial charge in [-0.05, 0) is 36.2 Å². The Morgan fingerprint density at radius 1 is 1.13 bits per heavy atom. The SMILES string of the molecule is COc1cccc(-c2cc(F)ccc2C2Cc3nc(N)nc(C)c3C(=O)N2)c1OC. The summed E-state index contributed by atoms with van der Waals surface area (Å²) in [5, 5.41) is 2.99. The van der Waals surface area contributed by atoms with Gasteiger partial charge in [-0.1, -0.05) is 18.2 Å². The molecule has 3 aromatic rings. The third-order valence-electron chi connectivity index (χ3n) is 5.20. The zero-order valence-corrected chi connectivity index (χ0v) is 16.8. The first-order valence-electron chi connectivity index (χ1n) is 9.37. The molecule has 154 valence electrons. The van der Waals surface area contributed by atoms with Crippen molar-refractivity contribution in [3.8, 4) is 22.6 Å². The summed E-state index contributed by atoms with van der Waals surface area (Å²) in [6.07, 6.45) is 0.402. The Hall–Kier alpha value is -3.68. The Bertz CT molecular complexity index is 1150. The van der Waals surface area contributed by atoms with Gasteiger partial charge in [-0.25, -0.2) is 14.4 Å². The monoisotopic (exact) mass is 408 g/mol. The number of nitrogens with two attached hydrogens (primary N) is 1. The number of methoxy groups -OCH3 is 2. The first-order chi connectivity index (χ1) is 14.4. The predicted molar refractivity (Wildman–Crippen MR) is 110 cm³/mol. The quantitative estimate of drug-likeness (QED) is 0.688. The summed E-state index contributed by atoms with van der Waals surface area (Å²) in [6.45, 7) is 1.72. The number of carbonyl (C=O) groups excluding carboxylic acids is 1. The molecule has 0 saturated heterocycles. The van der Waals surface area contributed by atoms with Crippen LogP contribution < -0.4 is 20.5 Å². The number of amides is 1. The molecule has 0 saturated carbocycles. The summed E-state index contributed by atoms with van der Waals surface area (Å²) in [4.78, 5) is 21.1. The van der Waals surface area contributed by atoms with Gasteiger partial charge in [0.2, 0.25) is 5.95 Å². The van der Waals surface area contributed by atoms with Crippen molar-refractivity contribution in [1.29, 1.82) is 0 Å². The molecule has 3 N–H and O–H groups in total. The van der Waals surface area contributed by atoms with E-state index in [1.54, 1.807) is 32.2 Å². The van der Waals surface area contributed by atoms with Crippen molar-refractivity contribution in [3.05, 3.63) is 64.7 Å². The molecule has 1 amide bonds. The zero-order chi connectivity index (χ0) is 21.4. The Morgan fingerprint density at radius 2 is 1.93 bits per heavy atom. The lowest BCUT2D eigenvalue weighted by molar-refractivity contribution is 0.0922. The second kappa shape index (κ2) is 7.62. The van der Waals surface area contributed by atoms with Crippen LogP contribution in [0.25, 0.3) is 11.1 Å². The molecular weight excluding hydrogens is 387 g/mol. The van der Waals surface area contributed by atoms with Crippen molar-refractivity contribution in [1.82, 2.24) is 15.3 Å². The molecule has 1 aliphatic rings. The number of ether oxygens (including phenoxy) is 2. The number of nitrogens with one attached hydrogen (secondary N) is 1. The predicted octanol–water partition coefficient (Wildman–Crippen LogP) is 3.22. The maximum atomic E-state index is 14.2. The Balaban J connectivity index is 1.86. The van der Waals surface area contributed by atoms with Gasteiger partial charge in [0.05, 0.1) is 37.2 Å². The number of para-hydroxylation sites is 1. The van der Waals surface area contributed by atoms with Gasteiger partial charge < -0.3 is 20.5 Å². The first kappa shape index (κ1) is 19.6. The number of hydrogen-bond donors (Lipinski definition) is 2. The van der Waals surface area contributed by atoms with Crippen LogP contribution in [0.5, 0.6) is 11.5 Å². The molecule has 0 spiro atoms. The third kappa shape index (κ3) is 3.30. The van der Waals surface area contributed by atoms with Crippen LogP contribution in [0.4, 0.5) is 10.3 Å². The molecule has 8 heteroatoms. The Morgan fingerprint density at radius 3 is 2.67 bits per heavy atom. The average Bonchev–Trinajstić information content (AvgIpc) is 2.72. The largest absolute Gasteiger partial charge is 0.493 e. The normalized spacial score (nSPS) is 15.3. The number of nitrogen functional groups attached to an aromatic ring is 1. The van der Waals surface area contributed by atoms with E-state index in [1.807, 2.05) is 6.07 Å². The number of halogens is 1. The zero-order valence-electron chi connectivity index (χ0n) is 16.8. The van der Waals surface area contributed by atoms with Crippen LogP contribution in [0.15, 0.2) is 36.4 Å². The summed E-state index contributed by atoms with van der Waals surface area (Å²) < 4.78 is 25.2. The lowest BCUT2D eigenvalue weighted by atomic mass is 9.88. The highest BCUT2D eigenvalue weighted by molar-refractivity contribution is 5.98. The van der Waals surface area contributed by atoms with Gasteiger partial charge in [0.15, 0.2) is 11.5 Å². The molecule has 0 bridgehead atoms. The van der Waals surface area contributed by atoms with Crippen molar-refractivity contribution in [2.75, 3.05) is 20.0 Å². The molecule has 0 aliphatic carbocycles. The van der Waals surface area contributed by atoms with E-state index in [0.717, 1.165) is 5.56 Å². The lowest BCUT2D eigenvalue weighted by Crippen LogP contribution is -2.37. The van der Waals surface area contributed by atoms with E-state index in [9.17, 15) is 9.18 Å². The van der Waals surface area contributed by atoms with Crippen LogP contribution in [0.2, 0.25) is 0 Å². The minimum Gasteiger partial charge on any atom is -0.493 e. The number of aryl methyl sites for hydroxylation is 1. The van der Waals surface area contributed by atoms with Crippen molar-refractivity contribution < 1.29 is 18.7 Å². The summed E-state index contributed by atoms with van der Waals surface area (Å²) in [7, 11) is 3.07. The van der Waals surface area contributed by atoms with E-state index >= 15 is 0 Å². The fraction of sp³-hybridized carbons (Fsp3) is 0.227. The third-order valence-corrected chi connectivity index (χ3v) is 5.20. The van der Waals surface area contributed by atoms with Crippen LogP contribution in [0, 0.1) is 12.7 Å². The number of carbonyl (C=O) groups is 1. The minimum absolute atomic E-state index is 0.119. The maximum Gasteiger partial charge on any atom is 0.255 e. The second-order valence-electron chi connectivity index (χ2n) is 6.99. The molecule has 1 aliphatic heterocycles. The van der Waals surface area contributed by atoms with Gasteiger partial charge in [-0.3, -0.25) is 4.79 Å². The summed E-state index contributed by atoms with van der Waals surface area (Å²) in [5.74, 6) is 0.444. The maximum absolute atomic E-state index is 14.2. The fourth-order valence-corrected chi connectivity index (χ4v) is 3.93. The van der Waals surface area contributed by atoms with E-state index in [0.29, 0.717) is 46.0 Å². The number of fused-ring (bicyclic) bond motifs is 1. The molecule has 30 heavy (non-hydrogen) atoms. The van der Waals surface area contributed by atoms with Gasteiger partial charge in [-0.2, -0.15) is 0 Å². The van der Waals surface area contributed by atoms with E-state index in [-0.39, 0.29) is 11.9 Å². The van der Waals surface area contributed by atoms with Gasteiger partial charge in [-0.15, -0.1) is 0 Å². The summed E-state index contributed by atoms with van der Waals surface area (Å²) in [6, 6.07) is 9.42. The topological polar surface area (TPSA) is 99.4 Å². The average molecular weight is 408 g/mol. The highest BCUT2D eigenvalue weighted by Gasteiger charge is 2.31. The van der Waals surface area contributed by atoms with E-state index in [4.69, 9.17) is 15.2 Å². The van der Waals surface area contributed by atoms with Crippen LogP contribution in [0.3, 0.4) is 0 Å². The minimum atomic E-state index is -0.426. The number of benzene rings is 2. The highest BCUT2D eigenvalue weighted by Crippen LogP contribution is 2.42. The van der Waals surface area contributed by atoms with E-state index in [2.05, 4.69) is 15.3 Å². The molecule has 1 aromatic heterocycles. The first-order valence-corrected chi connectivity index (χ1v) is 9.37. The van der Waals surface area contributed by atoms with Crippen molar-refractivity contribution in [2.45, 2.75) is 19.4 Å². The summed E-state index contributed by atoms with van der Waals surface area (Å²) in [5.41, 5.74) is 9.31. The fourth-order valence-electron chi connectivity index (χ4n) is 3.93. The van der Waals surface area contributed by atoms with Gasteiger partial charge >= 0.3 is 0 Å². The molecule has 2 heterocycles. The number of rotatable bonds is 4. The number of aromatic nitrogens is 2. The molecule has 7 nitrogen and oxygen atoms in total. The molecule has 1 unspecified atom stereocenters. The Labute approximate surface area is 173 Å². The summed E-state index contributed by atoms with van der Waals surface area (Å²) >= 11 is 0. The van der Waals surface area contributed by atoms with Gasteiger partial charge in [0, 0.05) is 12.0 Å². The van der Waals surface area contributed by atoms with Gasteiger partial charge in [0.1, 0.15) is 5.82 Å². The second-order valence-corrected chi connectivity index (χ2v) is 6.99. The number of anilines is 1. The number of nitrogens with zero attached hydrogens (tertiary/aromatic N) is 2. The van der Waals surface area contributed by atoms with Crippen molar-refractivity contribution in [2.24, 2.45) is 0 Å². The molecule has 0 fully saturated rings. The smallest absolute Gasteiger partial charge is 0.255 e. The molecule has 0 radical (unpaired) electrons. The molecule has 4 rings (SSSR count). The van der Waals surface area contributed by atoms with Gasteiger partial charge in [0.25, 0.3) is 5.91 Å². The van der Waals surface area contributed by atoms with Crippen molar-refractivity contribution in [3.63, 3.8) is 0 Å². The van der Waals surface area contributed by atoms with Crippen LogP contribution in [-0.4, -0.2) is 30.1 Å². The van der Waals surface area contributed by atoms with Crippen LogP contribution in [0.1, 0.15) is 33.4 Å². The molecular formula is C22H21FN4O3. The Kier molecular flexibility index (Phi) is 4.99. The lowest BCUT2D eigenvalue weighted by Gasteiger charge is -2.28. The van der Waals surface area contributed by atoms with E-state index < -0.39 is 11.9 Å². The highest BCUT2D eigenvalue weighted by atomic mass is 19.1. The molecule has 2 aromatic carbocycles.